The van der Waals surface area contributed by atoms with Crippen LogP contribution in [-0.4, -0.2) is 49.8 Å². The molecular weight excluding hydrogens is 176 g/mol. The molecule has 0 aromatic rings. The molecule has 0 aliphatic heterocycles. The zero-order chi connectivity index (χ0) is 10.6. The van der Waals surface area contributed by atoms with E-state index in [1.54, 1.807) is 0 Å². The van der Waals surface area contributed by atoms with Gasteiger partial charge < -0.3 is 15.3 Å². The summed E-state index contributed by atoms with van der Waals surface area (Å²) >= 11 is 0. The highest BCUT2D eigenvalue weighted by atomic mass is 16.3. The van der Waals surface area contributed by atoms with Gasteiger partial charge in [0.25, 0.3) is 0 Å². The zero-order valence-corrected chi connectivity index (χ0v) is 9.71. The standard InChI is InChI=1S/C11H24N2O/c1-4-11(5-6-11)9-12-7-10(14)8-13(2)3/h10,12,14H,4-9H2,1-3H3. The number of nitrogens with zero attached hydrogens (tertiary/aromatic N) is 1. The Morgan fingerprint density at radius 2 is 2.07 bits per heavy atom. The first-order valence-electron chi connectivity index (χ1n) is 5.61. The molecule has 0 bridgehead atoms. The average Bonchev–Trinajstić information content (AvgIpc) is 2.84. The fourth-order valence-corrected chi connectivity index (χ4v) is 1.82. The van der Waals surface area contributed by atoms with E-state index < -0.39 is 0 Å². The van der Waals surface area contributed by atoms with E-state index in [9.17, 15) is 5.11 Å². The van der Waals surface area contributed by atoms with Gasteiger partial charge in [0.1, 0.15) is 0 Å². The third-order valence-corrected chi connectivity index (χ3v) is 3.16. The van der Waals surface area contributed by atoms with Gasteiger partial charge in [-0.3, -0.25) is 0 Å². The van der Waals surface area contributed by atoms with Crippen LogP contribution in [0.4, 0.5) is 0 Å². The lowest BCUT2D eigenvalue weighted by Crippen LogP contribution is -2.37. The summed E-state index contributed by atoms with van der Waals surface area (Å²) in [5.74, 6) is 0. The molecule has 0 radical (unpaired) electrons. The first-order chi connectivity index (χ1) is 6.58. The number of aliphatic hydroxyl groups excluding tert-OH is 1. The fraction of sp³-hybridized carbons (Fsp3) is 1.00. The Labute approximate surface area is 87.5 Å². The van der Waals surface area contributed by atoms with Crippen LogP contribution in [0.2, 0.25) is 0 Å². The van der Waals surface area contributed by atoms with Gasteiger partial charge in [-0.05, 0) is 38.8 Å². The second-order valence-electron chi connectivity index (χ2n) is 4.90. The minimum absolute atomic E-state index is 0.238. The molecule has 1 fully saturated rings. The van der Waals surface area contributed by atoms with Gasteiger partial charge in [-0.15, -0.1) is 0 Å². The molecule has 0 aromatic carbocycles. The Morgan fingerprint density at radius 3 is 2.50 bits per heavy atom. The van der Waals surface area contributed by atoms with E-state index in [2.05, 4.69) is 12.2 Å². The van der Waals surface area contributed by atoms with Crippen molar-refractivity contribution in [3.05, 3.63) is 0 Å². The highest BCUT2D eigenvalue weighted by molar-refractivity contribution is 4.93. The van der Waals surface area contributed by atoms with E-state index in [1.807, 2.05) is 19.0 Å². The topological polar surface area (TPSA) is 35.5 Å². The van der Waals surface area contributed by atoms with Gasteiger partial charge in [0, 0.05) is 19.6 Å². The second-order valence-corrected chi connectivity index (χ2v) is 4.90. The molecule has 0 heterocycles. The fourth-order valence-electron chi connectivity index (χ4n) is 1.82. The maximum absolute atomic E-state index is 9.61. The predicted octanol–water partition coefficient (Wildman–Crippen LogP) is 0.689. The second kappa shape index (κ2) is 5.10. The molecule has 1 unspecified atom stereocenters. The van der Waals surface area contributed by atoms with Crippen LogP contribution >= 0.6 is 0 Å². The van der Waals surface area contributed by atoms with Crippen LogP contribution in [0.1, 0.15) is 26.2 Å². The number of likely N-dealkylation sites (N-methyl/N-ethyl adjacent to an activating group) is 1. The molecule has 1 atom stereocenters. The molecule has 3 heteroatoms. The van der Waals surface area contributed by atoms with Gasteiger partial charge in [0.05, 0.1) is 6.10 Å². The van der Waals surface area contributed by atoms with Crippen LogP contribution in [0.25, 0.3) is 0 Å². The van der Waals surface area contributed by atoms with Crippen molar-refractivity contribution in [2.75, 3.05) is 33.7 Å². The number of aliphatic hydroxyl groups is 1. The first-order valence-corrected chi connectivity index (χ1v) is 5.61. The number of hydrogen-bond acceptors (Lipinski definition) is 3. The normalized spacial score (nSPS) is 21.2. The van der Waals surface area contributed by atoms with E-state index >= 15 is 0 Å². The summed E-state index contributed by atoms with van der Waals surface area (Å²) in [7, 11) is 3.97. The van der Waals surface area contributed by atoms with Crippen LogP contribution < -0.4 is 5.32 Å². The molecule has 0 spiro atoms. The Bertz CT molecular complexity index is 167. The third-order valence-electron chi connectivity index (χ3n) is 3.16. The SMILES string of the molecule is CCC1(CNCC(O)CN(C)C)CC1. The summed E-state index contributed by atoms with van der Waals surface area (Å²) in [5, 5.41) is 13.0. The molecule has 84 valence electrons. The predicted molar refractivity (Wildman–Crippen MR) is 59.4 cm³/mol. The van der Waals surface area contributed by atoms with Crippen LogP contribution in [0.3, 0.4) is 0 Å². The van der Waals surface area contributed by atoms with Crippen molar-refractivity contribution in [2.45, 2.75) is 32.3 Å². The molecule has 0 saturated heterocycles. The molecule has 1 rings (SSSR count). The molecular formula is C11H24N2O. The van der Waals surface area contributed by atoms with E-state index in [1.165, 1.54) is 19.3 Å². The van der Waals surface area contributed by atoms with Gasteiger partial charge in [0.15, 0.2) is 0 Å². The van der Waals surface area contributed by atoms with Crippen molar-refractivity contribution in [2.24, 2.45) is 5.41 Å². The van der Waals surface area contributed by atoms with Gasteiger partial charge in [-0.2, -0.15) is 0 Å². The van der Waals surface area contributed by atoms with E-state index in [4.69, 9.17) is 0 Å². The van der Waals surface area contributed by atoms with E-state index in [-0.39, 0.29) is 6.10 Å². The van der Waals surface area contributed by atoms with Crippen molar-refractivity contribution < 1.29 is 5.11 Å². The van der Waals surface area contributed by atoms with E-state index in [0.717, 1.165) is 19.6 Å². The van der Waals surface area contributed by atoms with Crippen molar-refractivity contribution in [3.63, 3.8) is 0 Å². The largest absolute Gasteiger partial charge is 0.390 e. The maximum atomic E-state index is 9.61. The van der Waals surface area contributed by atoms with Crippen LogP contribution in [0, 0.1) is 5.41 Å². The summed E-state index contributed by atoms with van der Waals surface area (Å²) in [6, 6.07) is 0. The smallest absolute Gasteiger partial charge is 0.0791 e. The molecule has 0 amide bonds. The monoisotopic (exact) mass is 200 g/mol. The highest BCUT2D eigenvalue weighted by Gasteiger charge is 2.39. The summed E-state index contributed by atoms with van der Waals surface area (Å²) in [6.07, 6.45) is 3.75. The minimum Gasteiger partial charge on any atom is -0.390 e. The van der Waals surface area contributed by atoms with Crippen LogP contribution in [-0.2, 0) is 0 Å². The lowest BCUT2D eigenvalue weighted by Gasteiger charge is -2.18. The van der Waals surface area contributed by atoms with Gasteiger partial charge in [-0.25, -0.2) is 0 Å². The van der Waals surface area contributed by atoms with Crippen LogP contribution in [0.15, 0.2) is 0 Å². The Morgan fingerprint density at radius 1 is 1.43 bits per heavy atom. The Hall–Kier alpha value is -0.120. The maximum Gasteiger partial charge on any atom is 0.0791 e. The molecule has 14 heavy (non-hydrogen) atoms. The molecule has 3 nitrogen and oxygen atoms in total. The van der Waals surface area contributed by atoms with Crippen molar-refractivity contribution >= 4 is 0 Å². The van der Waals surface area contributed by atoms with Gasteiger partial charge in [0.2, 0.25) is 0 Å². The molecule has 1 aliphatic carbocycles. The Balaban J connectivity index is 2.03. The summed E-state index contributed by atoms with van der Waals surface area (Å²) in [6.45, 7) is 4.80. The minimum atomic E-state index is -0.238. The number of rotatable bonds is 7. The third kappa shape index (κ3) is 3.95. The van der Waals surface area contributed by atoms with E-state index in [0.29, 0.717) is 5.41 Å². The van der Waals surface area contributed by atoms with Crippen molar-refractivity contribution in [1.82, 2.24) is 10.2 Å². The molecule has 1 aliphatic rings. The van der Waals surface area contributed by atoms with Crippen molar-refractivity contribution in [3.8, 4) is 0 Å². The number of hydrogen-bond donors (Lipinski definition) is 2. The highest BCUT2D eigenvalue weighted by Crippen LogP contribution is 2.47. The lowest BCUT2D eigenvalue weighted by atomic mass is 10.0. The lowest BCUT2D eigenvalue weighted by molar-refractivity contribution is 0.133. The summed E-state index contributed by atoms with van der Waals surface area (Å²) in [4.78, 5) is 2.01. The summed E-state index contributed by atoms with van der Waals surface area (Å²) in [5.41, 5.74) is 0.581. The van der Waals surface area contributed by atoms with Gasteiger partial charge >= 0.3 is 0 Å². The molecule has 2 N–H and O–H groups in total. The zero-order valence-electron chi connectivity index (χ0n) is 9.71. The molecule has 0 aromatic heterocycles. The van der Waals surface area contributed by atoms with Crippen LogP contribution in [0.5, 0.6) is 0 Å². The number of nitrogens with one attached hydrogen (secondary N) is 1. The average molecular weight is 200 g/mol. The quantitative estimate of drug-likeness (QED) is 0.634. The van der Waals surface area contributed by atoms with Gasteiger partial charge in [-0.1, -0.05) is 6.92 Å². The van der Waals surface area contributed by atoms with Crippen molar-refractivity contribution in [1.29, 1.82) is 0 Å². The first kappa shape index (κ1) is 12.0. The summed E-state index contributed by atoms with van der Waals surface area (Å²) < 4.78 is 0. The Kier molecular flexibility index (Phi) is 4.35. The molecule has 1 saturated carbocycles.